The van der Waals surface area contributed by atoms with Crippen molar-refractivity contribution >= 4 is 5.97 Å². The summed E-state index contributed by atoms with van der Waals surface area (Å²) in [6.45, 7) is -1.96. The summed E-state index contributed by atoms with van der Waals surface area (Å²) in [6, 6.07) is 11.2. The van der Waals surface area contributed by atoms with Gasteiger partial charge in [0, 0.05) is 5.56 Å². The minimum atomic E-state index is -4.40. The SMILES string of the molecule is N#Cc1ccc(F)c(COC(=O)c2ccc(COCC(F)(F)F)cc2)c1. The van der Waals surface area contributed by atoms with Crippen molar-refractivity contribution < 1.29 is 31.8 Å². The van der Waals surface area contributed by atoms with Crippen LogP contribution in [0.2, 0.25) is 0 Å². The zero-order valence-electron chi connectivity index (χ0n) is 13.3. The van der Waals surface area contributed by atoms with Gasteiger partial charge in [-0.15, -0.1) is 0 Å². The average Bonchev–Trinajstić information content (AvgIpc) is 2.60. The number of ether oxygens (including phenoxy) is 2. The molecule has 0 saturated heterocycles. The Balaban J connectivity index is 1.91. The Morgan fingerprint density at radius 2 is 1.77 bits per heavy atom. The van der Waals surface area contributed by atoms with E-state index in [1.807, 2.05) is 6.07 Å². The summed E-state index contributed by atoms with van der Waals surface area (Å²) in [5.74, 6) is -1.33. The minimum Gasteiger partial charge on any atom is -0.457 e. The lowest BCUT2D eigenvalue weighted by Gasteiger charge is -2.09. The van der Waals surface area contributed by atoms with Gasteiger partial charge in [-0.2, -0.15) is 18.4 Å². The summed E-state index contributed by atoms with van der Waals surface area (Å²) in [5, 5.41) is 8.79. The summed E-state index contributed by atoms with van der Waals surface area (Å²) in [6.07, 6.45) is -4.40. The Labute approximate surface area is 146 Å². The van der Waals surface area contributed by atoms with Crippen LogP contribution in [-0.4, -0.2) is 18.8 Å². The van der Waals surface area contributed by atoms with Crippen molar-refractivity contribution in [3.63, 3.8) is 0 Å². The zero-order valence-corrected chi connectivity index (χ0v) is 13.3. The maximum atomic E-state index is 13.6. The largest absolute Gasteiger partial charge is 0.457 e. The standard InChI is InChI=1S/C18H13F4NO3/c19-16-6-3-13(8-23)7-15(16)10-26-17(24)14-4-1-12(2-5-14)9-25-11-18(20,21)22/h1-7H,9-11H2. The van der Waals surface area contributed by atoms with E-state index < -0.39 is 24.6 Å². The molecule has 0 spiro atoms. The molecule has 0 aliphatic heterocycles. The second kappa shape index (κ2) is 8.45. The van der Waals surface area contributed by atoms with Crippen LogP contribution in [0.3, 0.4) is 0 Å². The number of nitriles is 1. The van der Waals surface area contributed by atoms with Gasteiger partial charge < -0.3 is 9.47 Å². The molecule has 0 fully saturated rings. The van der Waals surface area contributed by atoms with E-state index in [0.29, 0.717) is 5.56 Å². The van der Waals surface area contributed by atoms with Crippen molar-refractivity contribution in [1.29, 1.82) is 5.26 Å². The number of benzene rings is 2. The summed E-state index contributed by atoms with van der Waals surface area (Å²) >= 11 is 0. The highest BCUT2D eigenvalue weighted by Crippen LogP contribution is 2.16. The number of rotatable bonds is 6. The van der Waals surface area contributed by atoms with Crippen LogP contribution in [0.25, 0.3) is 0 Å². The van der Waals surface area contributed by atoms with Gasteiger partial charge in [-0.1, -0.05) is 12.1 Å². The van der Waals surface area contributed by atoms with Crippen LogP contribution >= 0.6 is 0 Å². The monoisotopic (exact) mass is 367 g/mol. The van der Waals surface area contributed by atoms with Crippen LogP contribution in [0.4, 0.5) is 17.6 Å². The first-order valence-electron chi connectivity index (χ1n) is 7.37. The van der Waals surface area contributed by atoms with Crippen molar-refractivity contribution in [2.24, 2.45) is 0 Å². The highest BCUT2D eigenvalue weighted by Gasteiger charge is 2.27. The molecule has 0 bridgehead atoms. The Bertz CT molecular complexity index is 811. The number of esters is 1. The lowest BCUT2D eigenvalue weighted by atomic mass is 10.1. The van der Waals surface area contributed by atoms with Crippen LogP contribution in [0.1, 0.15) is 27.0 Å². The van der Waals surface area contributed by atoms with Crippen LogP contribution in [0.15, 0.2) is 42.5 Å². The number of hydrogen-bond acceptors (Lipinski definition) is 4. The van der Waals surface area contributed by atoms with E-state index >= 15 is 0 Å². The number of nitrogens with zero attached hydrogens (tertiary/aromatic N) is 1. The number of hydrogen-bond donors (Lipinski definition) is 0. The average molecular weight is 367 g/mol. The quantitative estimate of drug-likeness (QED) is 0.569. The smallest absolute Gasteiger partial charge is 0.411 e. The van der Waals surface area contributed by atoms with Crippen molar-refractivity contribution in [2.45, 2.75) is 19.4 Å². The van der Waals surface area contributed by atoms with Crippen molar-refractivity contribution in [2.75, 3.05) is 6.61 Å². The van der Waals surface area contributed by atoms with Crippen molar-refractivity contribution in [3.8, 4) is 6.07 Å². The molecule has 8 heteroatoms. The summed E-state index contributed by atoms with van der Waals surface area (Å²) in [4.78, 5) is 12.0. The third kappa shape index (κ3) is 5.86. The molecular formula is C18H13F4NO3. The lowest BCUT2D eigenvalue weighted by Crippen LogP contribution is -2.16. The fourth-order valence-electron chi connectivity index (χ4n) is 2.00. The van der Waals surface area contributed by atoms with Crippen LogP contribution in [-0.2, 0) is 22.7 Å². The van der Waals surface area contributed by atoms with Gasteiger partial charge in [0.2, 0.25) is 0 Å². The van der Waals surface area contributed by atoms with Gasteiger partial charge in [0.05, 0.1) is 23.8 Å². The number of halogens is 4. The van der Waals surface area contributed by atoms with E-state index in [1.165, 1.54) is 36.4 Å². The molecular weight excluding hydrogens is 354 g/mol. The second-order valence-corrected chi connectivity index (χ2v) is 5.30. The Morgan fingerprint density at radius 3 is 2.38 bits per heavy atom. The van der Waals surface area contributed by atoms with E-state index in [-0.39, 0.29) is 29.9 Å². The molecule has 2 rings (SSSR count). The fourth-order valence-corrected chi connectivity index (χ4v) is 2.00. The normalized spacial score (nSPS) is 11.0. The molecule has 136 valence electrons. The minimum absolute atomic E-state index is 0.0644. The van der Waals surface area contributed by atoms with Gasteiger partial charge in [0.25, 0.3) is 0 Å². The first kappa shape index (κ1) is 19.4. The molecule has 4 nitrogen and oxygen atoms in total. The van der Waals surface area contributed by atoms with Gasteiger partial charge in [-0.25, -0.2) is 9.18 Å². The van der Waals surface area contributed by atoms with E-state index in [1.54, 1.807) is 0 Å². The maximum Gasteiger partial charge on any atom is 0.411 e. The number of carbonyl (C=O) groups excluding carboxylic acids is 1. The van der Waals surface area contributed by atoms with Gasteiger partial charge in [-0.3, -0.25) is 0 Å². The van der Waals surface area contributed by atoms with Crippen LogP contribution < -0.4 is 0 Å². The topological polar surface area (TPSA) is 59.3 Å². The van der Waals surface area contributed by atoms with Crippen molar-refractivity contribution in [1.82, 2.24) is 0 Å². The first-order chi connectivity index (χ1) is 12.3. The van der Waals surface area contributed by atoms with E-state index in [0.717, 1.165) is 6.07 Å². The maximum absolute atomic E-state index is 13.6. The predicted molar refractivity (Wildman–Crippen MR) is 82.4 cm³/mol. The van der Waals surface area contributed by atoms with Gasteiger partial charge in [0.1, 0.15) is 19.0 Å². The molecule has 0 amide bonds. The third-order valence-corrected chi connectivity index (χ3v) is 3.26. The Kier molecular flexibility index (Phi) is 6.31. The molecule has 26 heavy (non-hydrogen) atoms. The molecule has 0 atom stereocenters. The molecule has 0 aliphatic carbocycles. The highest BCUT2D eigenvalue weighted by atomic mass is 19.4. The third-order valence-electron chi connectivity index (χ3n) is 3.26. The van der Waals surface area contributed by atoms with E-state index in [4.69, 9.17) is 10.00 Å². The van der Waals surface area contributed by atoms with Gasteiger partial charge in [0.15, 0.2) is 0 Å². The van der Waals surface area contributed by atoms with E-state index in [2.05, 4.69) is 4.74 Å². The van der Waals surface area contributed by atoms with Crippen LogP contribution in [0.5, 0.6) is 0 Å². The van der Waals surface area contributed by atoms with Crippen molar-refractivity contribution in [3.05, 3.63) is 70.5 Å². The molecule has 2 aromatic carbocycles. The highest BCUT2D eigenvalue weighted by molar-refractivity contribution is 5.89. The Hall–Kier alpha value is -2.92. The van der Waals surface area contributed by atoms with Crippen LogP contribution in [0, 0.1) is 17.1 Å². The van der Waals surface area contributed by atoms with Gasteiger partial charge >= 0.3 is 12.1 Å². The Morgan fingerprint density at radius 1 is 1.08 bits per heavy atom. The summed E-state index contributed by atoms with van der Waals surface area (Å²) < 4.78 is 59.1. The summed E-state index contributed by atoms with van der Waals surface area (Å²) in [5.41, 5.74) is 0.912. The number of alkyl halides is 3. The fraction of sp³-hybridized carbons (Fsp3) is 0.222. The van der Waals surface area contributed by atoms with E-state index in [9.17, 15) is 22.4 Å². The molecule has 0 unspecified atom stereocenters. The molecule has 0 N–H and O–H groups in total. The predicted octanol–water partition coefficient (Wildman–Crippen LogP) is 4.13. The molecule has 0 aliphatic rings. The molecule has 0 aromatic heterocycles. The molecule has 0 radical (unpaired) electrons. The zero-order chi connectivity index (χ0) is 19.2. The lowest BCUT2D eigenvalue weighted by molar-refractivity contribution is -0.176. The number of carbonyl (C=O) groups is 1. The van der Waals surface area contributed by atoms with Gasteiger partial charge in [-0.05, 0) is 35.9 Å². The first-order valence-corrected chi connectivity index (χ1v) is 7.37. The molecule has 0 saturated carbocycles. The molecule has 2 aromatic rings. The molecule has 0 heterocycles. The summed E-state index contributed by atoms with van der Waals surface area (Å²) in [7, 11) is 0. The second-order valence-electron chi connectivity index (χ2n) is 5.30.